The van der Waals surface area contributed by atoms with Crippen molar-refractivity contribution < 1.29 is 13.9 Å². The summed E-state index contributed by atoms with van der Waals surface area (Å²) in [6.07, 6.45) is 0. The molecule has 0 saturated carbocycles. The predicted octanol–water partition coefficient (Wildman–Crippen LogP) is 2.23. The zero-order valence-corrected chi connectivity index (χ0v) is 4.41. The van der Waals surface area contributed by atoms with Crippen LogP contribution in [0.1, 0.15) is 6.92 Å². The highest BCUT2D eigenvalue weighted by atomic mass is 19.2. The summed E-state index contributed by atoms with van der Waals surface area (Å²) in [4.78, 5) is 0. The van der Waals surface area contributed by atoms with E-state index in [9.17, 15) is 8.78 Å². The van der Waals surface area contributed by atoms with Crippen LogP contribution in [0.15, 0.2) is 24.0 Å². The van der Waals surface area contributed by atoms with E-state index in [1.54, 1.807) is 0 Å². The van der Waals surface area contributed by atoms with Crippen molar-refractivity contribution in [1.82, 2.24) is 0 Å². The first-order chi connectivity index (χ1) is 3.55. The van der Waals surface area contributed by atoms with Crippen LogP contribution in [0.25, 0.3) is 0 Å². The second kappa shape index (κ2) is 2.45. The van der Waals surface area contributed by atoms with Crippen LogP contribution in [0, 0.1) is 0 Å². The molecule has 0 unspecified atom stereocenters. The molecule has 8 heavy (non-hydrogen) atoms. The number of halogens is 2. The maximum absolute atomic E-state index is 11.8. The van der Waals surface area contributed by atoms with Crippen molar-refractivity contribution in [3.63, 3.8) is 0 Å². The molecule has 0 saturated heterocycles. The van der Waals surface area contributed by atoms with E-state index in [0.29, 0.717) is 0 Å². The third kappa shape index (κ3) is 1.73. The van der Waals surface area contributed by atoms with Crippen LogP contribution in [-0.2, 0) is 0 Å². The van der Waals surface area contributed by atoms with E-state index in [0.717, 1.165) is 6.92 Å². The fraction of sp³-hybridized carbons (Fsp3) is 0.200. The Bertz CT molecular complexity index is 133. The summed E-state index contributed by atoms with van der Waals surface area (Å²) in [7, 11) is 0. The summed E-state index contributed by atoms with van der Waals surface area (Å²) in [5.41, 5.74) is 0. The molecule has 46 valence electrons. The molecule has 0 aromatic rings. The van der Waals surface area contributed by atoms with E-state index >= 15 is 0 Å². The molecule has 0 fully saturated rings. The van der Waals surface area contributed by atoms with Gasteiger partial charge in [-0.3, -0.25) is 0 Å². The molecule has 1 nitrogen and oxygen atoms in total. The number of aliphatic hydroxyl groups excluding tert-OH is 1. The zero-order valence-electron chi connectivity index (χ0n) is 4.41. The maximum atomic E-state index is 11.8. The second-order valence-electron chi connectivity index (χ2n) is 1.30. The molecule has 0 radical (unpaired) electrons. The Morgan fingerprint density at radius 3 is 1.88 bits per heavy atom. The Balaban J connectivity index is 4.23. The number of hydrogen-bond acceptors (Lipinski definition) is 1. The van der Waals surface area contributed by atoms with Crippen molar-refractivity contribution in [3.8, 4) is 0 Å². The lowest BCUT2D eigenvalue weighted by Gasteiger charge is -1.89. The molecule has 0 aromatic carbocycles. The summed E-state index contributed by atoms with van der Waals surface area (Å²) in [5.74, 6) is -3.22. The van der Waals surface area contributed by atoms with Crippen molar-refractivity contribution in [1.29, 1.82) is 0 Å². The van der Waals surface area contributed by atoms with E-state index in [2.05, 4.69) is 6.58 Å². The molecule has 0 amide bonds. The molecule has 0 aliphatic heterocycles. The van der Waals surface area contributed by atoms with Gasteiger partial charge in [0.1, 0.15) is 5.76 Å². The van der Waals surface area contributed by atoms with E-state index in [4.69, 9.17) is 5.11 Å². The molecule has 1 N–H and O–H groups in total. The largest absolute Gasteiger partial charge is 0.509 e. The summed E-state index contributed by atoms with van der Waals surface area (Å²) in [6, 6.07) is 0. The van der Waals surface area contributed by atoms with Gasteiger partial charge in [-0.05, 0) is 6.92 Å². The van der Waals surface area contributed by atoms with E-state index < -0.39 is 17.4 Å². The zero-order chi connectivity index (χ0) is 6.73. The van der Waals surface area contributed by atoms with Gasteiger partial charge >= 0.3 is 0 Å². The Labute approximate surface area is 45.9 Å². The average molecular weight is 120 g/mol. The first-order valence-electron chi connectivity index (χ1n) is 1.96. The van der Waals surface area contributed by atoms with Gasteiger partial charge in [0.15, 0.2) is 11.7 Å². The van der Waals surface area contributed by atoms with Gasteiger partial charge in [-0.1, -0.05) is 6.58 Å². The normalized spacial score (nSPS) is 12.9. The first-order valence-corrected chi connectivity index (χ1v) is 1.96. The Morgan fingerprint density at radius 2 is 1.88 bits per heavy atom. The summed E-state index contributed by atoms with van der Waals surface area (Å²) in [5, 5.41) is 8.20. The highest BCUT2D eigenvalue weighted by Gasteiger charge is 2.01. The summed E-state index contributed by atoms with van der Waals surface area (Å²) >= 11 is 0. The van der Waals surface area contributed by atoms with E-state index in [-0.39, 0.29) is 0 Å². The van der Waals surface area contributed by atoms with Crippen molar-refractivity contribution in [2.24, 2.45) is 0 Å². The standard InChI is InChI=1S/C5H6F2O/c1-3(6)5(7)4(2)8/h8H,1H2,2H3/b5-4-. The maximum Gasteiger partial charge on any atom is 0.195 e. The third-order valence-corrected chi connectivity index (χ3v) is 0.556. The Hall–Kier alpha value is -0.860. The lowest BCUT2D eigenvalue weighted by Crippen LogP contribution is -1.78. The number of aliphatic hydroxyl groups is 1. The molecule has 0 rings (SSSR count). The number of allylic oxidation sites excluding steroid dienone is 3. The number of hydrogen-bond donors (Lipinski definition) is 1. The molecule has 0 heterocycles. The van der Waals surface area contributed by atoms with Gasteiger partial charge in [0.25, 0.3) is 0 Å². The van der Waals surface area contributed by atoms with Crippen molar-refractivity contribution >= 4 is 0 Å². The predicted molar refractivity (Wildman–Crippen MR) is 26.7 cm³/mol. The molecule has 0 spiro atoms. The molecule has 3 heteroatoms. The molecule has 0 aliphatic rings. The molecular weight excluding hydrogens is 114 g/mol. The summed E-state index contributed by atoms with van der Waals surface area (Å²) in [6.45, 7) is 3.66. The van der Waals surface area contributed by atoms with Crippen LogP contribution in [0.2, 0.25) is 0 Å². The minimum absolute atomic E-state index is 0.683. The topological polar surface area (TPSA) is 20.2 Å². The molecule has 0 atom stereocenters. The van der Waals surface area contributed by atoms with E-state index in [1.165, 1.54) is 0 Å². The van der Waals surface area contributed by atoms with Crippen molar-refractivity contribution in [2.75, 3.05) is 0 Å². The molecule has 0 aliphatic carbocycles. The minimum Gasteiger partial charge on any atom is -0.509 e. The smallest absolute Gasteiger partial charge is 0.195 e. The fourth-order valence-electron chi connectivity index (χ4n) is 0.196. The Kier molecular flexibility index (Phi) is 2.19. The SMILES string of the molecule is C=C(F)/C(F)=C(\C)O. The summed E-state index contributed by atoms with van der Waals surface area (Å²) < 4.78 is 23.4. The van der Waals surface area contributed by atoms with E-state index in [1.807, 2.05) is 0 Å². The third-order valence-electron chi connectivity index (χ3n) is 0.556. The van der Waals surface area contributed by atoms with Gasteiger partial charge in [-0.25, -0.2) is 8.78 Å². The van der Waals surface area contributed by atoms with Gasteiger partial charge in [-0.2, -0.15) is 0 Å². The van der Waals surface area contributed by atoms with Crippen LogP contribution in [0.4, 0.5) is 8.78 Å². The van der Waals surface area contributed by atoms with Gasteiger partial charge in [0.05, 0.1) is 0 Å². The van der Waals surface area contributed by atoms with Crippen LogP contribution in [-0.4, -0.2) is 5.11 Å². The van der Waals surface area contributed by atoms with Crippen LogP contribution in [0.5, 0.6) is 0 Å². The van der Waals surface area contributed by atoms with Gasteiger partial charge in [0.2, 0.25) is 0 Å². The second-order valence-corrected chi connectivity index (χ2v) is 1.30. The minimum atomic E-state index is -1.29. The molecular formula is C5H6F2O. The van der Waals surface area contributed by atoms with Crippen LogP contribution < -0.4 is 0 Å². The molecule has 0 aromatic heterocycles. The highest BCUT2D eigenvalue weighted by molar-refractivity contribution is 5.16. The quantitative estimate of drug-likeness (QED) is 0.415. The first kappa shape index (κ1) is 7.14. The lowest BCUT2D eigenvalue weighted by atomic mass is 10.4. The van der Waals surface area contributed by atoms with Gasteiger partial charge < -0.3 is 5.11 Å². The van der Waals surface area contributed by atoms with Crippen LogP contribution in [0.3, 0.4) is 0 Å². The van der Waals surface area contributed by atoms with Crippen molar-refractivity contribution in [2.45, 2.75) is 6.92 Å². The monoisotopic (exact) mass is 120 g/mol. The number of rotatable bonds is 1. The van der Waals surface area contributed by atoms with Gasteiger partial charge in [-0.15, -0.1) is 0 Å². The highest BCUT2D eigenvalue weighted by Crippen LogP contribution is 2.12. The Morgan fingerprint density at radius 1 is 1.50 bits per heavy atom. The lowest BCUT2D eigenvalue weighted by molar-refractivity contribution is 0.376. The molecule has 0 bridgehead atoms. The van der Waals surface area contributed by atoms with Crippen molar-refractivity contribution in [3.05, 3.63) is 24.0 Å². The fourth-order valence-corrected chi connectivity index (χ4v) is 0.196. The average Bonchev–Trinajstić information content (AvgIpc) is 1.64. The van der Waals surface area contributed by atoms with Gasteiger partial charge in [0, 0.05) is 0 Å². The van der Waals surface area contributed by atoms with Crippen LogP contribution >= 0.6 is 0 Å².